The molecular weight excluding hydrogens is 348 g/mol. The lowest BCUT2D eigenvalue weighted by atomic mass is 10.0. The van der Waals surface area contributed by atoms with Gasteiger partial charge in [-0.1, -0.05) is 40.0 Å². The second kappa shape index (κ2) is 7.96. The third-order valence-corrected chi connectivity index (χ3v) is 5.24. The summed E-state index contributed by atoms with van der Waals surface area (Å²) >= 11 is 9.93. The predicted octanol–water partition coefficient (Wildman–Crippen LogP) is 5.02. The van der Waals surface area contributed by atoms with Crippen LogP contribution in [-0.4, -0.2) is 30.1 Å². The van der Waals surface area contributed by atoms with Crippen LogP contribution in [0.5, 0.6) is 0 Å². The molecular formula is C17H26BrClN2. The Hall–Kier alpha value is -0.0900. The van der Waals surface area contributed by atoms with E-state index in [1.807, 2.05) is 6.07 Å². The molecule has 1 aromatic rings. The summed E-state index contributed by atoms with van der Waals surface area (Å²) in [6, 6.07) is 7.65. The number of piperidine rings is 1. The minimum Gasteiger partial charge on any atom is -0.313 e. The molecule has 0 saturated carbocycles. The van der Waals surface area contributed by atoms with Crippen molar-refractivity contribution >= 4 is 27.5 Å². The van der Waals surface area contributed by atoms with Gasteiger partial charge in [0.15, 0.2) is 0 Å². The van der Waals surface area contributed by atoms with Gasteiger partial charge in [-0.15, -0.1) is 0 Å². The summed E-state index contributed by atoms with van der Waals surface area (Å²) in [5.74, 6) is 0. The zero-order valence-corrected chi connectivity index (χ0v) is 15.5. The van der Waals surface area contributed by atoms with Gasteiger partial charge in [0.1, 0.15) is 0 Å². The fourth-order valence-electron chi connectivity index (χ4n) is 3.17. The maximum Gasteiger partial charge on any atom is 0.0464 e. The van der Waals surface area contributed by atoms with Crippen LogP contribution in [0, 0.1) is 0 Å². The molecule has 1 fully saturated rings. The highest BCUT2D eigenvalue weighted by Gasteiger charge is 2.24. The molecule has 0 bridgehead atoms. The summed E-state index contributed by atoms with van der Waals surface area (Å²) < 4.78 is 1.04. The molecule has 0 amide bonds. The summed E-state index contributed by atoms with van der Waals surface area (Å²) in [4.78, 5) is 2.55. The summed E-state index contributed by atoms with van der Waals surface area (Å²) in [5, 5.41) is 4.50. The van der Waals surface area contributed by atoms with Crippen molar-refractivity contribution in [3.8, 4) is 0 Å². The molecule has 2 atom stereocenters. The van der Waals surface area contributed by atoms with Gasteiger partial charge in [0.25, 0.3) is 0 Å². The molecule has 1 aliphatic rings. The largest absolute Gasteiger partial charge is 0.313 e. The van der Waals surface area contributed by atoms with E-state index in [4.69, 9.17) is 11.6 Å². The smallest absolute Gasteiger partial charge is 0.0464 e. The van der Waals surface area contributed by atoms with E-state index in [1.165, 1.54) is 24.8 Å². The van der Waals surface area contributed by atoms with Crippen molar-refractivity contribution in [1.29, 1.82) is 0 Å². The van der Waals surface area contributed by atoms with Gasteiger partial charge in [-0.05, 0) is 57.9 Å². The number of nitrogens with zero attached hydrogens (tertiary/aromatic N) is 1. The number of halogens is 2. The van der Waals surface area contributed by atoms with E-state index in [9.17, 15) is 0 Å². The van der Waals surface area contributed by atoms with E-state index >= 15 is 0 Å². The van der Waals surface area contributed by atoms with Gasteiger partial charge in [-0.3, -0.25) is 4.90 Å². The SMILES string of the molecule is CC(C)N(CC1CCCCN1)C(C)c1ccc(Br)cc1Cl. The zero-order valence-electron chi connectivity index (χ0n) is 13.2. The monoisotopic (exact) mass is 372 g/mol. The topological polar surface area (TPSA) is 15.3 Å². The predicted molar refractivity (Wildman–Crippen MR) is 95.1 cm³/mol. The van der Waals surface area contributed by atoms with Gasteiger partial charge in [-0.25, -0.2) is 0 Å². The van der Waals surface area contributed by atoms with E-state index in [-0.39, 0.29) is 0 Å². The van der Waals surface area contributed by atoms with Crippen LogP contribution in [0.3, 0.4) is 0 Å². The Labute approximate surface area is 142 Å². The van der Waals surface area contributed by atoms with Crippen LogP contribution in [0.25, 0.3) is 0 Å². The fourth-order valence-corrected chi connectivity index (χ4v) is 4.00. The molecule has 1 N–H and O–H groups in total. The second-order valence-electron chi connectivity index (χ2n) is 6.28. The van der Waals surface area contributed by atoms with Crippen LogP contribution in [0.15, 0.2) is 22.7 Å². The molecule has 2 unspecified atom stereocenters. The van der Waals surface area contributed by atoms with Crippen molar-refractivity contribution in [2.75, 3.05) is 13.1 Å². The molecule has 0 aromatic heterocycles. The Morgan fingerprint density at radius 1 is 1.33 bits per heavy atom. The Morgan fingerprint density at radius 3 is 2.67 bits per heavy atom. The fraction of sp³-hybridized carbons (Fsp3) is 0.647. The molecule has 1 saturated heterocycles. The van der Waals surface area contributed by atoms with E-state index in [2.05, 4.69) is 59.1 Å². The standard InChI is InChI=1S/C17H26BrClN2/c1-12(2)21(11-15-6-4-5-9-20-15)13(3)16-8-7-14(18)10-17(16)19/h7-8,10,12-13,15,20H,4-6,9,11H2,1-3H3. The van der Waals surface area contributed by atoms with Gasteiger partial charge in [0.05, 0.1) is 0 Å². The average Bonchev–Trinajstić information content (AvgIpc) is 2.45. The maximum atomic E-state index is 6.44. The van der Waals surface area contributed by atoms with Crippen LogP contribution in [0.4, 0.5) is 0 Å². The molecule has 1 aliphatic heterocycles. The summed E-state index contributed by atoms with van der Waals surface area (Å²) in [5.41, 5.74) is 1.21. The summed E-state index contributed by atoms with van der Waals surface area (Å²) in [7, 11) is 0. The Morgan fingerprint density at radius 2 is 2.10 bits per heavy atom. The van der Waals surface area contributed by atoms with Gasteiger partial charge >= 0.3 is 0 Å². The van der Waals surface area contributed by atoms with E-state index in [1.54, 1.807) is 0 Å². The molecule has 118 valence electrons. The third-order valence-electron chi connectivity index (χ3n) is 4.42. The van der Waals surface area contributed by atoms with Crippen molar-refractivity contribution in [3.05, 3.63) is 33.3 Å². The number of nitrogens with one attached hydrogen (secondary N) is 1. The second-order valence-corrected chi connectivity index (χ2v) is 7.60. The molecule has 21 heavy (non-hydrogen) atoms. The molecule has 2 nitrogen and oxygen atoms in total. The minimum absolute atomic E-state index is 0.328. The van der Waals surface area contributed by atoms with Gasteiger partial charge in [0, 0.05) is 34.2 Å². The van der Waals surface area contributed by atoms with Gasteiger partial charge in [-0.2, -0.15) is 0 Å². The van der Waals surface area contributed by atoms with Crippen molar-refractivity contribution in [2.45, 2.75) is 58.2 Å². The highest BCUT2D eigenvalue weighted by Crippen LogP contribution is 2.31. The van der Waals surface area contributed by atoms with Crippen LogP contribution in [-0.2, 0) is 0 Å². The normalized spacial score (nSPS) is 21.0. The zero-order chi connectivity index (χ0) is 15.4. The van der Waals surface area contributed by atoms with Crippen LogP contribution < -0.4 is 5.32 Å². The third kappa shape index (κ3) is 4.69. The molecule has 4 heteroatoms. The first-order chi connectivity index (χ1) is 9.99. The quantitative estimate of drug-likeness (QED) is 0.780. The van der Waals surface area contributed by atoms with E-state index in [0.29, 0.717) is 18.1 Å². The number of rotatable bonds is 5. The number of hydrogen-bond acceptors (Lipinski definition) is 2. The minimum atomic E-state index is 0.328. The van der Waals surface area contributed by atoms with E-state index < -0.39 is 0 Å². The van der Waals surface area contributed by atoms with Crippen LogP contribution in [0.2, 0.25) is 5.02 Å². The number of benzene rings is 1. The summed E-state index contributed by atoms with van der Waals surface area (Å²) in [6.45, 7) is 9.05. The highest BCUT2D eigenvalue weighted by molar-refractivity contribution is 9.10. The van der Waals surface area contributed by atoms with Crippen molar-refractivity contribution in [2.24, 2.45) is 0 Å². The Bertz CT molecular complexity index is 458. The molecule has 1 heterocycles. The maximum absolute atomic E-state index is 6.44. The molecule has 1 aromatic carbocycles. The number of hydrogen-bond donors (Lipinski definition) is 1. The molecule has 0 spiro atoms. The molecule has 0 aliphatic carbocycles. The highest BCUT2D eigenvalue weighted by atomic mass is 79.9. The lowest BCUT2D eigenvalue weighted by molar-refractivity contribution is 0.138. The van der Waals surface area contributed by atoms with E-state index in [0.717, 1.165) is 22.6 Å². The average molecular weight is 374 g/mol. The van der Waals surface area contributed by atoms with Gasteiger partial charge in [0.2, 0.25) is 0 Å². The molecule has 2 rings (SSSR count). The van der Waals surface area contributed by atoms with Crippen LogP contribution in [0.1, 0.15) is 51.6 Å². The molecule has 0 radical (unpaired) electrons. The first kappa shape index (κ1) is 17.3. The Kier molecular flexibility index (Phi) is 6.54. The van der Waals surface area contributed by atoms with Crippen molar-refractivity contribution in [1.82, 2.24) is 10.2 Å². The lowest BCUT2D eigenvalue weighted by Gasteiger charge is -2.37. The summed E-state index contributed by atoms with van der Waals surface area (Å²) in [6.07, 6.45) is 3.94. The Balaban J connectivity index is 2.12. The first-order valence-corrected chi connectivity index (χ1v) is 9.10. The van der Waals surface area contributed by atoms with Crippen LogP contribution >= 0.6 is 27.5 Å². The van der Waals surface area contributed by atoms with Crippen molar-refractivity contribution < 1.29 is 0 Å². The lowest BCUT2D eigenvalue weighted by Crippen LogP contribution is -2.46. The first-order valence-electron chi connectivity index (χ1n) is 7.93. The van der Waals surface area contributed by atoms with Crippen molar-refractivity contribution in [3.63, 3.8) is 0 Å². The van der Waals surface area contributed by atoms with Gasteiger partial charge < -0.3 is 5.32 Å².